The Balaban J connectivity index is 2.62. The molecule has 0 aliphatic rings. The van der Waals surface area contributed by atoms with Gasteiger partial charge in [0.25, 0.3) is 0 Å². The van der Waals surface area contributed by atoms with Crippen LogP contribution in [-0.2, 0) is 11.2 Å². The summed E-state index contributed by atoms with van der Waals surface area (Å²) in [5.41, 5.74) is 2.88. The van der Waals surface area contributed by atoms with Gasteiger partial charge in [-0.3, -0.25) is 0 Å². The summed E-state index contributed by atoms with van der Waals surface area (Å²) in [6.45, 7) is 2.02. The van der Waals surface area contributed by atoms with E-state index in [1.807, 2.05) is 37.3 Å². The fourth-order valence-electron chi connectivity index (χ4n) is 2.22. The molecule has 0 heterocycles. The predicted octanol–water partition coefficient (Wildman–Crippen LogP) is 3.75. The van der Waals surface area contributed by atoms with Crippen molar-refractivity contribution in [3.63, 3.8) is 0 Å². The predicted molar refractivity (Wildman–Crippen MR) is 82.5 cm³/mol. The fraction of sp³-hybridized carbons (Fsp3) is 0.111. The highest BCUT2D eigenvalue weighted by Crippen LogP contribution is 2.23. The molecule has 0 aromatic heterocycles. The molecule has 0 saturated heterocycles. The first-order chi connectivity index (χ1) is 10.2. The second kappa shape index (κ2) is 6.53. The van der Waals surface area contributed by atoms with E-state index in [1.165, 1.54) is 0 Å². The molecule has 1 N–H and O–H groups in total. The van der Waals surface area contributed by atoms with Crippen LogP contribution in [0.3, 0.4) is 0 Å². The maximum absolute atomic E-state index is 11.6. The highest BCUT2D eigenvalue weighted by Gasteiger charge is 2.14. The quantitative estimate of drug-likeness (QED) is 0.684. The third-order valence-corrected chi connectivity index (χ3v) is 3.30. The molecule has 2 rings (SSSR count). The molecule has 0 atom stereocenters. The third-order valence-electron chi connectivity index (χ3n) is 3.30. The summed E-state index contributed by atoms with van der Waals surface area (Å²) < 4.78 is 0. The lowest BCUT2D eigenvalue weighted by molar-refractivity contribution is -0.130. The standard InChI is InChI=1S/C18H15NO2/c1-2-13-7-3-4-8-14(13)11-17(18(20)21)16-10-6-5-9-15(16)12-19/h3-11H,2H2,1H3,(H,20,21)/b17-11+. The zero-order valence-electron chi connectivity index (χ0n) is 11.7. The molecular weight excluding hydrogens is 262 g/mol. The molecule has 21 heavy (non-hydrogen) atoms. The van der Waals surface area contributed by atoms with Crippen LogP contribution in [0, 0.1) is 11.3 Å². The SMILES string of the molecule is CCc1ccccc1/C=C(/C(=O)O)c1ccccc1C#N. The summed E-state index contributed by atoms with van der Waals surface area (Å²) in [6.07, 6.45) is 2.46. The van der Waals surface area contributed by atoms with Gasteiger partial charge < -0.3 is 5.11 Å². The van der Waals surface area contributed by atoms with Crippen LogP contribution < -0.4 is 0 Å². The van der Waals surface area contributed by atoms with E-state index < -0.39 is 5.97 Å². The van der Waals surface area contributed by atoms with E-state index in [1.54, 1.807) is 30.3 Å². The van der Waals surface area contributed by atoms with E-state index in [-0.39, 0.29) is 5.57 Å². The van der Waals surface area contributed by atoms with Gasteiger partial charge in [-0.15, -0.1) is 0 Å². The van der Waals surface area contributed by atoms with Gasteiger partial charge in [-0.1, -0.05) is 49.4 Å². The molecule has 0 spiro atoms. The molecule has 0 bridgehead atoms. The van der Waals surface area contributed by atoms with Crippen LogP contribution in [0.25, 0.3) is 11.6 Å². The molecule has 0 saturated carbocycles. The largest absolute Gasteiger partial charge is 0.478 e. The zero-order valence-corrected chi connectivity index (χ0v) is 11.7. The molecule has 3 heteroatoms. The molecule has 0 amide bonds. The molecule has 0 aliphatic heterocycles. The van der Waals surface area contributed by atoms with E-state index in [4.69, 9.17) is 5.26 Å². The molecule has 0 aliphatic carbocycles. The number of carbonyl (C=O) groups is 1. The van der Waals surface area contributed by atoms with Gasteiger partial charge >= 0.3 is 5.97 Å². The average molecular weight is 277 g/mol. The van der Waals surface area contributed by atoms with E-state index in [9.17, 15) is 9.90 Å². The van der Waals surface area contributed by atoms with E-state index in [2.05, 4.69) is 0 Å². The number of nitriles is 1. The van der Waals surface area contributed by atoms with Crippen molar-refractivity contribution in [1.29, 1.82) is 5.26 Å². The molecule has 0 fully saturated rings. The lowest BCUT2D eigenvalue weighted by atomic mass is 9.96. The Bertz CT molecular complexity index is 739. The summed E-state index contributed by atoms with van der Waals surface area (Å²) in [4.78, 5) is 11.6. The van der Waals surface area contributed by atoms with Crippen LogP contribution in [0.1, 0.15) is 29.2 Å². The maximum Gasteiger partial charge on any atom is 0.336 e. The molecule has 104 valence electrons. The monoisotopic (exact) mass is 277 g/mol. The molecule has 0 radical (unpaired) electrons. The Labute approximate surface area is 123 Å². The minimum absolute atomic E-state index is 0.132. The number of rotatable bonds is 4. The maximum atomic E-state index is 11.6. The van der Waals surface area contributed by atoms with Crippen LogP contribution in [0.15, 0.2) is 48.5 Å². The lowest BCUT2D eigenvalue weighted by Gasteiger charge is -2.08. The van der Waals surface area contributed by atoms with Crippen molar-refractivity contribution in [2.24, 2.45) is 0 Å². The van der Waals surface area contributed by atoms with Crippen molar-refractivity contribution in [1.82, 2.24) is 0 Å². The molecule has 2 aromatic carbocycles. The first kappa shape index (κ1) is 14.5. The van der Waals surface area contributed by atoms with E-state index >= 15 is 0 Å². The van der Waals surface area contributed by atoms with Crippen molar-refractivity contribution >= 4 is 17.6 Å². The van der Waals surface area contributed by atoms with Crippen molar-refractivity contribution in [3.05, 3.63) is 70.8 Å². The van der Waals surface area contributed by atoms with Crippen LogP contribution in [0.4, 0.5) is 0 Å². The summed E-state index contributed by atoms with van der Waals surface area (Å²) in [6, 6.07) is 16.4. The summed E-state index contributed by atoms with van der Waals surface area (Å²) in [5.74, 6) is -1.04. The van der Waals surface area contributed by atoms with Crippen molar-refractivity contribution in [2.45, 2.75) is 13.3 Å². The van der Waals surface area contributed by atoms with Gasteiger partial charge in [0.15, 0.2) is 0 Å². The smallest absolute Gasteiger partial charge is 0.336 e. The van der Waals surface area contributed by atoms with Crippen LogP contribution in [0.5, 0.6) is 0 Å². The van der Waals surface area contributed by atoms with Crippen molar-refractivity contribution < 1.29 is 9.90 Å². The molecule has 3 nitrogen and oxygen atoms in total. The Morgan fingerprint density at radius 1 is 1.19 bits per heavy atom. The summed E-state index contributed by atoms with van der Waals surface area (Å²) in [5, 5.41) is 18.6. The second-order valence-corrected chi connectivity index (χ2v) is 4.57. The van der Waals surface area contributed by atoms with Gasteiger partial charge in [0.05, 0.1) is 17.2 Å². The number of nitrogens with zero attached hydrogens (tertiary/aromatic N) is 1. The topological polar surface area (TPSA) is 61.1 Å². The lowest BCUT2D eigenvalue weighted by Crippen LogP contribution is -2.02. The number of aliphatic carboxylic acids is 1. The minimum atomic E-state index is -1.04. The van der Waals surface area contributed by atoms with Gasteiger partial charge in [0.1, 0.15) is 0 Å². The normalized spacial score (nSPS) is 11.0. The number of hydrogen-bond acceptors (Lipinski definition) is 2. The zero-order chi connectivity index (χ0) is 15.2. The third kappa shape index (κ3) is 3.18. The van der Waals surface area contributed by atoms with Gasteiger partial charge in [0, 0.05) is 5.56 Å². The van der Waals surface area contributed by atoms with Crippen LogP contribution in [0.2, 0.25) is 0 Å². The number of carboxylic acids is 1. The summed E-state index contributed by atoms with van der Waals surface area (Å²) in [7, 11) is 0. The second-order valence-electron chi connectivity index (χ2n) is 4.57. The molecule has 0 unspecified atom stereocenters. The Morgan fingerprint density at radius 3 is 2.52 bits per heavy atom. The Morgan fingerprint density at radius 2 is 1.86 bits per heavy atom. The summed E-state index contributed by atoms with van der Waals surface area (Å²) >= 11 is 0. The van der Waals surface area contributed by atoms with Crippen molar-refractivity contribution in [2.75, 3.05) is 0 Å². The number of benzene rings is 2. The highest BCUT2D eigenvalue weighted by atomic mass is 16.4. The van der Waals surface area contributed by atoms with Gasteiger partial charge in [-0.2, -0.15) is 5.26 Å². The van der Waals surface area contributed by atoms with E-state index in [0.717, 1.165) is 17.5 Å². The van der Waals surface area contributed by atoms with Crippen LogP contribution >= 0.6 is 0 Å². The van der Waals surface area contributed by atoms with Gasteiger partial charge in [-0.05, 0) is 29.7 Å². The van der Waals surface area contributed by atoms with Crippen molar-refractivity contribution in [3.8, 4) is 6.07 Å². The highest BCUT2D eigenvalue weighted by molar-refractivity contribution is 6.21. The Hall–Kier alpha value is -2.86. The van der Waals surface area contributed by atoms with Crippen LogP contribution in [-0.4, -0.2) is 11.1 Å². The van der Waals surface area contributed by atoms with Gasteiger partial charge in [-0.25, -0.2) is 4.79 Å². The first-order valence-electron chi connectivity index (χ1n) is 6.69. The molecular formula is C18H15NO2. The minimum Gasteiger partial charge on any atom is -0.478 e. The number of carboxylic acid groups (broad SMARTS) is 1. The Kier molecular flexibility index (Phi) is 4.53. The average Bonchev–Trinajstić information content (AvgIpc) is 2.52. The number of aryl methyl sites for hydroxylation is 1. The van der Waals surface area contributed by atoms with Gasteiger partial charge in [0.2, 0.25) is 0 Å². The fourth-order valence-corrected chi connectivity index (χ4v) is 2.22. The first-order valence-corrected chi connectivity index (χ1v) is 6.69. The molecule has 2 aromatic rings. The number of hydrogen-bond donors (Lipinski definition) is 1. The van der Waals surface area contributed by atoms with E-state index in [0.29, 0.717) is 11.1 Å².